The Balaban J connectivity index is 2.10. The maximum Gasteiger partial charge on any atom is 0.242 e. The van der Waals surface area contributed by atoms with Crippen molar-refractivity contribution in [3.8, 4) is 11.4 Å². The molecule has 1 heterocycles. The van der Waals surface area contributed by atoms with Crippen LogP contribution < -0.4 is 5.32 Å². The number of nitrogens with zero attached hydrogens (tertiary/aromatic N) is 2. The Bertz CT molecular complexity index is 817. The number of hydrogen-bond donors (Lipinski definition) is 1. The molecule has 128 valence electrons. The fourth-order valence-corrected chi connectivity index (χ4v) is 3.47. The minimum absolute atomic E-state index is 0.00518. The van der Waals surface area contributed by atoms with Gasteiger partial charge in [0, 0.05) is 23.1 Å². The van der Waals surface area contributed by atoms with Gasteiger partial charge in [0.25, 0.3) is 0 Å². The molecule has 0 bridgehead atoms. The minimum Gasteiger partial charge on any atom is -0.325 e. The molecule has 0 aliphatic heterocycles. The molecule has 1 N–H and O–H groups in total. The number of nitrogens with one attached hydrogen (secondary N) is 1. The zero-order valence-electron chi connectivity index (χ0n) is 14.0. The van der Waals surface area contributed by atoms with Crippen molar-refractivity contribution in [2.24, 2.45) is 0 Å². The van der Waals surface area contributed by atoms with Crippen molar-refractivity contribution in [1.82, 2.24) is 9.97 Å². The predicted molar refractivity (Wildman–Crippen MR) is 94.4 cm³/mol. The van der Waals surface area contributed by atoms with E-state index in [-0.39, 0.29) is 5.75 Å². The first kappa shape index (κ1) is 18.1. The summed E-state index contributed by atoms with van der Waals surface area (Å²) in [6.45, 7) is 5.07. The van der Waals surface area contributed by atoms with Crippen LogP contribution in [0.15, 0.2) is 36.5 Å². The highest BCUT2D eigenvalue weighted by atomic mass is 32.2. The number of benzene rings is 1. The molecule has 0 saturated carbocycles. The third kappa shape index (κ3) is 4.38. The molecule has 1 amide bonds. The van der Waals surface area contributed by atoms with Crippen LogP contribution in [0.2, 0.25) is 0 Å². The summed E-state index contributed by atoms with van der Waals surface area (Å²) in [6.07, 6.45) is 2.18. The summed E-state index contributed by atoms with van der Waals surface area (Å²) in [4.78, 5) is 20.7. The number of sulfone groups is 1. The number of rotatable bonds is 6. The Labute approximate surface area is 142 Å². The molecule has 6 nitrogen and oxygen atoms in total. The Morgan fingerprint density at radius 3 is 2.46 bits per heavy atom. The molecule has 0 saturated heterocycles. The number of aromatic nitrogens is 2. The van der Waals surface area contributed by atoms with E-state index in [0.29, 0.717) is 17.9 Å². The molecule has 0 aliphatic rings. The van der Waals surface area contributed by atoms with Gasteiger partial charge in [-0.15, -0.1) is 0 Å². The van der Waals surface area contributed by atoms with Gasteiger partial charge in [0.2, 0.25) is 5.91 Å². The largest absolute Gasteiger partial charge is 0.325 e. The molecule has 2 rings (SSSR count). The lowest BCUT2D eigenvalue weighted by Gasteiger charge is -2.13. The van der Waals surface area contributed by atoms with Crippen LogP contribution >= 0.6 is 0 Å². The average molecular weight is 347 g/mol. The van der Waals surface area contributed by atoms with Gasteiger partial charge in [0.05, 0.1) is 5.75 Å². The molecule has 0 spiro atoms. The Kier molecular flexibility index (Phi) is 5.66. The first-order valence-electron chi connectivity index (χ1n) is 7.76. The van der Waals surface area contributed by atoms with E-state index in [1.165, 1.54) is 6.92 Å². The quantitative estimate of drug-likeness (QED) is 0.867. The molecule has 1 unspecified atom stereocenters. The third-order valence-corrected chi connectivity index (χ3v) is 5.87. The smallest absolute Gasteiger partial charge is 0.242 e. The minimum atomic E-state index is -3.42. The lowest BCUT2D eigenvalue weighted by Crippen LogP contribution is -2.34. The van der Waals surface area contributed by atoms with E-state index in [1.807, 2.05) is 13.0 Å². The highest BCUT2D eigenvalue weighted by molar-refractivity contribution is 7.92. The molecule has 0 radical (unpaired) electrons. The normalized spacial score (nSPS) is 12.6. The number of carbonyl (C=O) groups excluding carboxylic acids is 1. The van der Waals surface area contributed by atoms with Gasteiger partial charge in [-0.25, -0.2) is 18.4 Å². The van der Waals surface area contributed by atoms with Gasteiger partial charge >= 0.3 is 0 Å². The Morgan fingerprint density at radius 1 is 1.21 bits per heavy atom. The summed E-state index contributed by atoms with van der Waals surface area (Å²) in [5.41, 5.74) is 2.23. The molecule has 1 aromatic heterocycles. The summed E-state index contributed by atoms with van der Waals surface area (Å²) in [7, 11) is -3.42. The number of amides is 1. The van der Waals surface area contributed by atoms with Crippen molar-refractivity contribution in [2.45, 2.75) is 32.4 Å². The van der Waals surface area contributed by atoms with E-state index in [1.54, 1.807) is 37.4 Å². The van der Waals surface area contributed by atoms with Gasteiger partial charge in [-0.2, -0.15) is 0 Å². The maximum atomic E-state index is 12.1. The Hall–Kier alpha value is -2.28. The van der Waals surface area contributed by atoms with E-state index < -0.39 is 21.0 Å². The van der Waals surface area contributed by atoms with Crippen LogP contribution in [-0.4, -0.2) is 35.3 Å². The van der Waals surface area contributed by atoms with Crippen molar-refractivity contribution in [2.75, 3.05) is 11.1 Å². The van der Waals surface area contributed by atoms with Gasteiger partial charge in [0.15, 0.2) is 15.7 Å². The molecule has 0 fully saturated rings. The Morgan fingerprint density at radius 2 is 1.88 bits per heavy atom. The standard InChI is InChI=1S/C17H21N3O3S/c1-4-11-24(22,23)13(3)17(21)20-15-7-5-14(6-8-15)16-18-10-9-12(2)19-16/h5-10,13H,4,11H2,1-3H3,(H,20,21). The molecule has 1 aromatic carbocycles. The van der Waals surface area contributed by atoms with Crippen molar-refractivity contribution >= 4 is 21.4 Å². The van der Waals surface area contributed by atoms with Gasteiger partial charge in [-0.3, -0.25) is 4.79 Å². The second-order valence-corrected chi connectivity index (χ2v) is 8.04. The SMILES string of the molecule is CCCS(=O)(=O)C(C)C(=O)Nc1ccc(-c2nccc(C)n2)cc1. The van der Waals surface area contributed by atoms with Crippen molar-refractivity contribution in [3.63, 3.8) is 0 Å². The van der Waals surface area contributed by atoms with E-state index in [0.717, 1.165) is 11.3 Å². The number of carbonyl (C=O) groups is 1. The highest BCUT2D eigenvalue weighted by Crippen LogP contribution is 2.18. The summed E-state index contributed by atoms with van der Waals surface area (Å²) < 4.78 is 23.9. The first-order chi connectivity index (χ1) is 11.3. The monoisotopic (exact) mass is 347 g/mol. The lowest BCUT2D eigenvalue weighted by atomic mass is 10.2. The van der Waals surface area contributed by atoms with Crippen LogP contribution in [0.25, 0.3) is 11.4 Å². The van der Waals surface area contributed by atoms with Gasteiger partial charge in [-0.05, 0) is 50.6 Å². The topological polar surface area (TPSA) is 89.0 Å². The van der Waals surface area contributed by atoms with Crippen LogP contribution in [0.4, 0.5) is 5.69 Å². The molecule has 24 heavy (non-hydrogen) atoms. The number of anilines is 1. The summed E-state index contributed by atoms with van der Waals surface area (Å²) in [5.74, 6) is 0.0837. The van der Waals surface area contributed by atoms with Crippen molar-refractivity contribution in [1.29, 1.82) is 0 Å². The zero-order valence-corrected chi connectivity index (χ0v) is 14.8. The lowest BCUT2D eigenvalue weighted by molar-refractivity contribution is -0.115. The van der Waals surface area contributed by atoms with Crippen LogP contribution in [-0.2, 0) is 14.6 Å². The van der Waals surface area contributed by atoms with Crippen molar-refractivity contribution < 1.29 is 13.2 Å². The molecule has 1 atom stereocenters. The maximum absolute atomic E-state index is 12.1. The van der Waals surface area contributed by atoms with Gasteiger partial charge in [-0.1, -0.05) is 6.92 Å². The second-order valence-electron chi connectivity index (χ2n) is 5.60. The fraction of sp³-hybridized carbons (Fsp3) is 0.353. The first-order valence-corrected chi connectivity index (χ1v) is 9.47. The second kappa shape index (κ2) is 7.53. The van der Waals surface area contributed by atoms with Crippen LogP contribution in [0.1, 0.15) is 26.0 Å². The average Bonchev–Trinajstić information content (AvgIpc) is 2.54. The summed E-state index contributed by atoms with van der Waals surface area (Å²) in [5, 5.41) is 1.57. The van der Waals surface area contributed by atoms with E-state index in [2.05, 4.69) is 15.3 Å². The van der Waals surface area contributed by atoms with Crippen LogP contribution in [0, 0.1) is 6.92 Å². The zero-order chi connectivity index (χ0) is 17.7. The summed E-state index contributed by atoms with van der Waals surface area (Å²) in [6, 6.07) is 8.80. The predicted octanol–water partition coefficient (Wildman–Crippen LogP) is 2.60. The highest BCUT2D eigenvalue weighted by Gasteiger charge is 2.27. The molecule has 7 heteroatoms. The third-order valence-electron chi connectivity index (χ3n) is 3.60. The number of aryl methyl sites for hydroxylation is 1. The summed E-state index contributed by atoms with van der Waals surface area (Å²) >= 11 is 0. The van der Waals surface area contributed by atoms with Gasteiger partial charge in [0.1, 0.15) is 5.25 Å². The molecule has 0 aliphatic carbocycles. The fourth-order valence-electron chi connectivity index (χ4n) is 2.16. The molecular formula is C17H21N3O3S. The van der Waals surface area contributed by atoms with Crippen molar-refractivity contribution in [3.05, 3.63) is 42.2 Å². The van der Waals surface area contributed by atoms with Crippen LogP contribution in [0.3, 0.4) is 0 Å². The molecule has 2 aromatic rings. The van der Waals surface area contributed by atoms with E-state index in [9.17, 15) is 13.2 Å². The van der Waals surface area contributed by atoms with E-state index in [4.69, 9.17) is 0 Å². The van der Waals surface area contributed by atoms with Crippen LogP contribution in [0.5, 0.6) is 0 Å². The van der Waals surface area contributed by atoms with Gasteiger partial charge < -0.3 is 5.32 Å². The van der Waals surface area contributed by atoms with E-state index >= 15 is 0 Å². The number of hydrogen-bond acceptors (Lipinski definition) is 5. The molecular weight excluding hydrogens is 326 g/mol.